The molecule has 3 N–H and O–H groups in total. The van der Waals surface area contributed by atoms with Gasteiger partial charge in [-0.15, -0.1) is 0 Å². The summed E-state index contributed by atoms with van der Waals surface area (Å²) in [4.78, 5) is 28.6. The Morgan fingerprint density at radius 1 is 1.56 bits per heavy atom. The van der Waals surface area contributed by atoms with Crippen molar-refractivity contribution in [3.05, 3.63) is 34.2 Å². The van der Waals surface area contributed by atoms with E-state index in [1.165, 1.54) is 18.5 Å². The van der Waals surface area contributed by atoms with Gasteiger partial charge in [0.2, 0.25) is 0 Å². The molecule has 5 heteroatoms. The van der Waals surface area contributed by atoms with Crippen LogP contribution in [0.15, 0.2) is 23.3 Å². The van der Waals surface area contributed by atoms with Crippen molar-refractivity contribution in [3.63, 3.8) is 0 Å². The van der Waals surface area contributed by atoms with Crippen molar-refractivity contribution < 1.29 is 4.79 Å². The largest absolute Gasteiger partial charge is 0.367 e. The molecule has 0 aliphatic carbocycles. The van der Waals surface area contributed by atoms with Gasteiger partial charge in [-0.3, -0.25) is 9.59 Å². The maximum absolute atomic E-state index is 12.4. The molecule has 2 atom stereocenters. The number of hydrogen-bond acceptors (Lipinski definition) is 3. The van der Waals surface area contributed by atoms with E-state index in [4.69, 9.17) is 5.73 Å². The number of likely N-dealkylation sites (tertiary alicyclic amines) is 1. The van der Waals surface area contributed by atoms with Crippen molar-refractivity contribution in [2.45, 2.75) is 38.3 Å². The molecule has 1 aliphatic heterocycles. The fourth-order valence-corrected chi connectivity index (χ4v) is 2.49. The first-order valence-electron chi connectivity index (χ1n) is 6.35. The van der Waals surface area contributed by atoms with Crippen LogP contribution >= 0.6 is 0 Å². The van der Waals surface area contributed by atoms with Crippen molar-refractivity contribution in [3.8, 4) is 0 Å². The van der Waals surface area contributed by atoms with E-state index in [0.717, 1.165) is 19.3 Å². The molecule has 2 rings (SSSR count). The normalized spacial score (nSPS) is 21.7. The van der Waals surface area contributed by atoms with Gasteiger partial charge in [0.05, 0.1) is 0 Å². The molecular formula is C13H19N3O2. The molecule has 98 valence electrons. The number of nitrogens with two attached hydrogens (primary N) is 1. The summed E-state index contributed by atoms with van der Waals surface area (Å²) in [6.07, 6.45) is 5.96. The highest BCUT2D eigenvalue weighted by atomic mass is 16.2. The molecule has 0 radical (unpaired) electrons. The predicted octanol–water partition coefficient (Wildman–Crippen LogP) is 0.717. The van der Waals surface area contributed by atoms with Crippen LogP contribution in [0.25, 0.3) is 0 Å². The predicted molar refractivity (Wildman–Crippen MR) is 69.4 cm³/mol. The fraction of sp³-hybridized carbons (Fsp3) is 0.538. The first-order chi connectivity index (χ1) is 8.61. The Hall–Kier alpha value is -1.62. The van der Waals surface area contributed by atoms with Gasteiger partial charge in [0.1, 0.15) is 5.56 Å². The average molecular weight is 249 g/mol. The molecular weight excluding hydrogens is 230 g/mol. The second-order valence-electron chi connectivity index (χ2n) is 4.84. The minimum Gasteiger partial charge on any atom is -0.367 e. The lowest BCUT2D eigenvalue weighted by molar-refractivity contribution is 0.0582. The Balaban J connectivity index is 2.27. The van der Waals surface area contributed by atoms with Crippen LogP contribution in [-0.2, 0) is 0 Å². The van der Waals surface area contributed by atoms with Crippen LogP contribution in [-0.4, -0.2) is 34.4 Å². The van der Waals surface area contributed by atoms with E-state index in [1.807, 2.05) is 6.92 Å². The fourth-order valence-electron chi connectivity index (χ4n) is 2.49. The number of nitrogens with one attached hydrogen (secondary N) is 1. The number of pyridine rings is 1. The quantitative estimate of drug-likeness (QED) is 0.810. The van der Waals surface area contributed by atoms with Gasteiger partial charge >= 0.3 is 0 Å². The number of H-pyrrole nitrogens is 1. The number of amides is 1. The number of aromatic nitrogens is 1. The molecule has 18 heavy (non-hydrogen) atoms. The monoisotopic (exact) mass is 249 g/mol. The van der Waals surface area contributed by atoms with Gasteiger partial charge in [-0.25, -0.2) is 0 Å². The van der Waals surface area contributed by atoms with Gasteiger partial charge < -0.3 is 15.6 Å². The summed E-state index contributed by atoms with van der Waals surface area (Å²) in [5, 5.41) is 0. The Morgan fingerprint density at radius 3 is 3.00 bits per heavy atom. The average Bonchev–Trinajstić information content (AvgIpc) is 2.38. The molecule has 0 aromatic carbocycles. The van der Waals surface area contributed by atoms with Crippen LogP contribution < -0.4 is 11.2 Å². The summed E-state index contributed by atoms with van der Waals surface area (Å²) in [5.41, 5.74) is 5.89. The van der Waals surface area contributed by atoms with Gasteiger partial charge in [-0.2, -0.15) is 0 Å². The zero-order chi connectivity index (χ0) is 13.1. The summed E-state index contributed by atoms with van der Waals surface area (Å²) in [6, 6.07) is 1.33. The van der Waals surface area contributed by atoms with Crippen LogP contribution in [0.2, 0.25) is 0 Å². The summed E-state index contributed by atoms with van der Waals surface area (Å²) in [7, 11) is 0. The first kappa shape index (κ1) is 12.8. The lowest BCUT2D eigenvalue weighted by Gasteiger charge is -2.37. The summed E-state index contributed by atoms with van der Waals surface area (Å²) >= 11 is 0. The SMILES string of the molecule is CC(N)C1CCCCN1C(=O)c1c[nH]ccc1=O. The maximum Gasteiger partial charge on any atom is 0.259 e. The number of piperidine rings is 1. The minimum atomic E-state index is -0.243. The van der Waals surface area contributed by atoms with E-state index >= 15 is 0 Å². The Kier molecular flexibility index (Phi) is 3.81. The molecule has 1 aromatic rings. The summed E-state index contributed by atoms with van der Waals surface area (Å²) in [5.74, 6) is -0.209. The Morgan fingerprint density at radius 2 is 2.33 bits per heavy atom. The van der Waals surface area contributed by atoms with Gasteiger partial charge in [-0.1, -0.05) is 0 Å². The standard InChI is InChI=1S/C13H19N3O2/c1-9(14)11-4-2-3-7-16(11)13(18)10-8-15-6-5-12(10)17/h5-6,8-9,11H,2-4,7,14H2,1H3,(H,15,17). The van der Waals surface area contributed by atoms with Crippen molar-refractivity contribution >= 4 is 5.91 Å². The number of rotatable bonds is 2. The topological polar surface area (TPSA) is 79.2 Å². The van der Waals surface area contributed by atoms with Crippen molar-refractivity contribution in [1.82, 2.24) is 9.88 Å². The Labute approximate surface area is 106 Å². The zero-order valence-electron chi connectivity index (χ0n) is 10.6. The van der Waals surface area contributed by atoms with Gasteiger partial charge in [-0.05, 0) is 26.2 Å². The highest BCUT2D eigenvalue weighted by Gasteiger charge is 2.30. The zero-order valence-corrected chi connectivity index (χ0v) is 10.6. The van der Waals surface area contributed by atoms with Crippen molar-refractivity contribution in [2.24, 2.45) is 5.73 Å². The third-order valence-corrected chi connectivity index (χ3v) is 3.47. The van der Waals surface area contributed by atoms with Gasteiger partial charge in [0.25, 0.3) is 5.91 Å². The van der Waals surface area contributed by atoms with Crippen LogP contribution in [0.1, 0.15) is 36.5 Å². The van der Waals surface area contributed by atoms with E-state index < -0.39 is 0 Å². The molecule has 2 heterocycles. The molecule has 1 aromatic heterocycles. The number of carbonyl (C=O) groups is 1. The van der Waals surface area contributed by atoms with Crippen molar-refractivity contribution in [2.75, 3.05) is 6.54 Å². The molecule has 0 spiro atoms. The minimum absolute atomic E-state index is 0.0332. The number of nitrogens with zero attached hydrogens (tertiary/aromatic N) is 1. The maximum atomic E-state index is 12.4. The third kappa shape index (κ3) is 2.46. The van der Waals surface area contributed by atoms with Crippen molar-refractivity contribution in [1.29, 1.82) is 0 Å². The highest BCUT2D eigenvalue weighted by Crippen LogP contribution is 2.20. The second kappa shape index (κ2) is 5.35. The van der Waals surface area contributed by atoms with Gasteiger partial charge in [0, 0.05) is 37.1 Å². The van der Waals surface area contributed by atoms with E-state index in [2.05, 4.69) is 4.98 Å². The molecule has 5 nitrogen and oxygen atoms in total. The van der Waals surface area contributed by atoms with Crippen LogP contribution in [0.5, 0.6) is 0 Å². The molecule has 1 saturated heterocycles. The number of aromatic amines is 1. The first-order valence-corrected chi connectivity index (χ1v) is 6.35. The number of carbonyl (C=O) groups excluding carboxylic acids is 1. The third-order valence-electron chi connectivity index (χ3n) is 3.47. The van der Waals surface area contributed by atoms with Crippen LogP contribution in [0.3, 0.4) is 0 Å². The smallest absolute Gasteiger partial charge is 0.259 e. The molecule has 0 bridgehead atoms. The Bertz CT molecular complexity index is 481. The second-order valence-corrected chi connectivity index (χ2v) is 4.84. The summed E-state index contributed by atoms with van der Waals surface area (Å²) in [6.45, 7) is 2.59. The molecule has 2 unspecified atom stereocenters. The van der Waals surface area contributed by atoms with Gasteiger partial charge in [0.15, 0.2) is 5.43 Å². The molecule has 0 saturated carbocycles. The van der Waals surface area contributed by atoms with E-state index in [-0.39, 0.29) is 29.0 Å². The summed E-state index contributed by atoms with van der Waals surface area (Å²) < 4.78 is 0. The highest BCUT2D eigenvalue weighted by molar-refractivity contribution is 5.94. The molecule has 1 fully saturated rings. The molecule has 1 amide bonds. The number of hydrogen-bond donors (Lipinski definition) is 2. The van der Waals surface area contributed by atoms with Crippen LogP contribution in [0.4, 0.5) is 0 Å². The van der Waals surface area contributed by atoms with Crippen LogP contribution in [0, 0.1) is 0 Å². The lowest BCUT2D eigenvalue weighted by atomic mass is 9.96. The van der Waals surface area contributed by atoms with E-state index in [9.17, 15) is 9.59 Å². The van der Waals surface area contributed by atoms with E-state index in [1.54, 1.807) is 4.90 Å². The molecule has 1 aliphatic rings. The lowest BCUT2D eigenvalue weighted by Crippen LogP contribution is -2.52. The van der Waals surface area contributed by atoms with E-state index in [0.29, 0.717) is 6.54 Å².